The number of hydrogen-bond donors (Lipinski definition) is 1. The number of aliphatic carboxylic acids is 1. The molecule has 0 saturated carbocycles. The fourth-order valence-electron chi connectivity index (χ4n) is 2.57. The summed E-state index contributed by atoms with van der Waals surface area (Å²) in [6.45, 7) is 4.47. The average molecular weight is 340 g/mol. The Balaban J connectivity index is 2.28. The molecule has 1 fully saturated rings. The van der Waals surface area contributed by atoms with Gasteiger partial charge in [-0.05, 0) is 59.3 Å². The Morgan fingerprint density at radius 1 is 1.40 bits per heavy atom. The Bertz CT molecular complexity index is 544. The van der Waals surface area contributed by atoms with E-state index in [1.807, 2.05) is 26.0 Å². The standard InChI is InChI=1S/C15H18BrNO3/c1-9-3-4-11(12(16)7-9)14(18)17-6-5-10(2)8-13(17)15(19)20/h3-4,7,10,13H,5-6,8H2,1-2H3,(H,19,20). The van der Waals surface area contributed by atoms with Gasteiger partial charge in [0.15, 0.2) is 0 Å². The minimum atomic E-state index is -0.923. The number of carbonyl (C=O) groups is 2. The van der Waals surface area contributed by atoms with Crippen molar-refractivity contribution in [2.75, 3.05) is 6.54 Å². The molecule has 0 aromatic heterocycles. The molecule has 1 saturated heterocycles. The van der Waals surface area contributed by atoms with Gasteiger partial charge in [-0.2, -0.15) is 0 Å². The number of aryl methyl sites for hydroxylation is 1. The number of carboxylic acid groups (broad SMARTS) is 1. The largest absolute Gasteiger partial charge is 0.480 e. The monoisotopic (exact) mass is 339 g/mol. The molecule has 1 aliphatic heterocycles. The number of rotatable bonds is 2. The van der Waals surface area contributed by atoms with Crippen LogP contribution in [0.3, 0.4) is 0 Å². The number of carboxylic acids is 1. The highest BCUT2D eigenvalue weighted by molar-refractivity contribution is 9.10. The van der Waals surface area contributed by atoms with E-state index in [2.05, 4.69) is 15.9 Å². The number of likely N-dealkylation sites (tertiary alicyclic amines) is 1. The van der Waals surface area contributed by atoms with E-state index >= 15 is 0 Å². The van der Waals surface area contributed by atoms with Gasteiger partial charge in [0.1, 0.15) is 6.04 Å². The Morgan fingerprint density at radius 3 is 2.70 bits per heavy atom. The maximum absolute atomic E-state index is 12.6. The van der Waals surface area contributed by atoms with Crippen molar-refractivity contribution in [2.45, 2.75) is 32.7 Å². The molecule has 0 spiro atoms. The van der Waals surface area contributed by atoms with E-state index in [-0.39, 0.29) is 5.91 Å². The normalized spacial score (nSPS) is 22.6. The van der Waals surface area contributed by atoms with Crippen LogP contribution in [-0.4, -0.2) is 34.5 Å². The molecule has 1 heterocycles. The van der Waals surface area contributed by atoms with Gasteiger partial charge in [-0.3, -0.25) is 4.79 Å². The van der Waals surface area contributed by atoms with Crippen molar-refractivity contribution in [1.29, 1.82) is 0 Å². The van der Waals surface area contributed by atoms with Gasteiger partial charge in [0.2, 0.25) is 0 Å². The smallest absolute Gasteiger partial charge is 0.326 e. The lowest BCUT2D eigenvalue weighted by molar-refractivity contribution is -0.144. The summed E-state index contributed by atoms with van der Waals surface area (Å²) >= 11 is 3.39. The highest BCUT2D eigenvalue weighted by Crippen LogP contribution is 2.27. The summed E-state index contributed by atoms with van der Waals surface area (Å²) in [4.78, 5) is 25.4. The predicted octanol–water partition coefficient (Wildman–Crippen LogP) is 3.08. The third-order valence-corrected chi connectivity index (χ3v) is 4.42. The lowest BCUT2D eigenvalue weighted by Gasteiger charge is -2.36. The number of carbonyl (C=O) groups excluding carboxylic acids is 1. The van der Waals surface area contributed by atoms with Gasteiger partial charge in [-0.15, -0.1) is 0 Å². The number of nitrogens with zero attached hydrogens (tertiary/aromatic N) is 1. The van der Waals surface area contributed by atoms with Crippen molar-refractivity contribution in [1.82, 2.24) is 4.90 Å². The molecule has 1 aliphatic rings. The van der Waals surface area contributed by atoms with E-state index in [4.69, 9.17) is 0 Å². The first-order chi connectivity index (χ1) is 9.40. The van der Waals surface area contributed by atoms with Crippen LogP contribution in [0.1, 0.15) is 35.7 Å². The first-order valence-corrected chi connectivity index (χ1v) is 7.49. The fourth-order valence-corrected chi connectivity index (χ4v) is 3.23. The second kappa shape index (κ2) is 5.95. The van der Waals surface area contributed by atoms with Crippen LogP contribution in [0.5, 0.6) is 0 Å². The summed E-state index contributed by atoms with van der Waals surface area (Å²) in [7, 11) is 0. The summed E-state index contributed by atoms with van der Waals surface area (Å²) in [6, 6.07) is 4.76. The van der Waals surface area contributed by atoms with Crippen molar-refractivity contribution in [3.8, 4) is 0 Å². The zero-order valence-electron chi connectivity index (χ0n) is 11.6. The van der Waals surface area contributed by atoms with E-state index in [1.165, 1.54) is 4.90 Å². The van der Waals surface area contributed by atoms with Crippen molar-refractivity contribution >= 4 is 27.8 Å². The summed E-state index contributed by atoms with van der Waals surface area (Å²) in [5, 5.41) is 9.33. The zero-order chi connectivity index (χ0) is 14.9. The maximum Gasteiger partial charge on any atom is 0.326 e. The summed E-state index contributed by atoms with van der Waals surface area (Å²) < 4.78 is 0.713. The third kappa shape index (κ3) is 3.03. The number of benzene rings is 1. The van der Waals surface area contributed by atoms with E-state index in [0.29, 0.717) is 28.9 Å². The fraction of sp³-hybridized carbons (Fsp3) is 0.467. The molecule has 1 amide bonds. The van der Waals surface area contributed by atoms with Crippen molar-refractivity contribution in [3.63, 3.8) is 0 Å². The highest BCUT2D eigenvalue weighted by atomic mass is 79.9. The summed E-state index contributed by atoms with van der Waals surface area (Å²) in [5.74, 6) is -0.800. The number of halogens is 1. The van der Waals surface area contributed by atoms with E-state index < -0.39 is 12.0 Å². The summed E-state index contributed by atoms with van der Waals surface area (Å²) in [5.41, 5.74) is 1.58. The Kier molecular flexibility index (Phi) is 4.48. The second-order valence-corrected chi connectivity index (χ2v) is 6.32. The van der Waals surface area contributed by atoms with Gasteiger partial charge >= 0.3 is 5.97 Å². The molecule has 4 nitrogen and oxygen atoms in total. The number of amides is 1. The van der Waals surface area contributed by atoms with Gasteiger partial charge < -0.3 is 10.0 Å². The lowest BCUT2D eigenvalue weighted by Crippen LogP contribution is -2.49. The molecule has 2 atom stereocenters. The van der Waals surface area contributed by atoms with E-state index in [1.54, 1.807) is 6.07 Å². The molecule has 1 aromatic rings. The minimum absolute atomic E-state index is 0.212. The molecule has 1 N–H and O–H groups in total. The van der Waals surface area contributed by atoms with Crippen molar-refractivity contribution in [3.05, 3.63) is 33.8 Å². The average Bonchev–Trinajstić information content (AvgIpc) is 2.37. The molecular formula is C15H18BrNO3. The van der Waals surface area contributed by atoms with Crippen LogP contribution in [-0.2, 0) is 4.79 Å². The van der Waals surface area contributed by atoms with Crippen LogP contribution in [0.25, 0.3) is 0 Å². The van der Waals surface area contributed by atoms with Crippen LogP contribution in [0.2, 0.25) is 0 Å². The van der Waals surface area contributed by atoms with Crippen molar-refractivity contribution < 1.29 is 14.7 Å². The van der Waals surface area contributed by atoms with Crippen molar-refractivity contribution in [2.24, 2.45) is 5.92 Å². The first kappa shape index (κ1) is 15.0. The molecule has 20 heavy (non-hydrogen) atoms. The molecular weight excluding hydrogens is 322 g/mol. The van der Waals surface area contributed by atoms with Gasteiger partial charge in [0, 0.05) is 11.0 Å². The topological polar surface area (TPSA) is 57.6 Å². The van der Waals surface area contributed by atoms with Gasteiger partial charge in [-0.1, -0.05) is 13.0 Å². The Morgan fingerprint density at radius 2 is 2.10 bits per heavy atom. The van der Waals surface area contributed by atoms with Crippen LogP contribution < -0.4 is 0 Å². The highest BCUT2D eigenvalue weighted by Gasteiger charge is 2.35. The van der Waals surface area contributed by atoms with Crippen LogP contribution >= 0.6 is 15.9 Å². The zero-order valence-corrected chi connectivity index (χ0v) is 13.2. The van der Waals surface area contributed by atoms with Crippen LogP contribution in [0.4, 0.5) is 0 Å². The molecule has 1 aromatic carbocycles. The minimum Gasteiger partial charge on any atom is -0.480 e. The quantitative estimate of drug-likeness (QED) is 0.900. The number of piperidine rings is 1. The van der Waals surface area contributed by atoms with Crippen LogP contribution in [0.15, 0.2) is 22.7 Å². The second-order valence-electron chi connectivity index (χ2n) is 5.47. The molecule has 5 heteroatoms. The number of hydrogen-bond acceptors (Lipinski definition) is 2. The molecule has 2 unspecified atom stereocenters. The molecule has 0 bridgehead atoms. The molecule has 2 rings (SSSR count). The molecule has 108 valence electrons. The van der Waals surface area contributed by atoms with Gasteiger partial charge in [-0.25, -0.2) is 4.79 Å². The summed E-state index contributed by atoms with van der Waals surface area (Å²) in [6.07, 6.45) is 1.36. The molecule has 0 radical (unpaired) electrons. The SMILES string of the molecule is Cc1ccc(C(=O)N2CCC(C)CC2C(=O)O)c(Br)c1. The van der Waals surface area contributed by atoms with E-state index in [0.717, 1.165) is 12.0 Å². The third-order valence-electron chi connectivity index (χ3n) is 3.77. The Labute approximate surface area is 126 Å². The Hall–Kier alpha value is -1.36. The molecule has 0 aliphatic carbocycles. The lowest BCUT2D eigenvalue weighted by atomic mass is 9.92. The van der Waals surface area contributed by atoms with Crippen LogP contribution in [0, 0.1) is 12.8 Å². The first-order valence-electron chi connectivity index (χ1n) is 6.70. The maximum atomic E-state index is 12.6. The van der Waals surface area contributed by atoms with Gasteiger partial charge in [0.05, 0.1) is 5.56 Å². The predicted molar refractivity (Wildman–Crippen MR) is 79.7 cm³/mol. The van der Waals surface area contributed by atoms with E-state index in [9.17, 15) is 14.7 Å². The van der Waals surface area contributed by atoms with Gasteiger partial charge in [0.25, 0.3) is 5.91 Å².